The maximum Gasteiger partial charge on any atom is 0.254 e. The van der Waals surface area contributed by atoms with Crippen LogP contribution >= 0.6 is 15.9 Å². The predicted molar refractivity (Wildman–Crippen MR) is 72.4 cm³/mol. The minimum absolute atomic E-state index is 0.0218. The second kappa shape index (κ2) is 6.34. The van der Waals surface area contributed by atoms with Crippen molar-refractivity contribution in [3.05, 3.63) is 29.6 Å². The van der Waals surface area contributed by atoms with Crippen LogP contribution in [0.25, 0.3) is 0 Å². The highest BCUT2D eigenvalue weighted by atomic mass is 79.9. The fraction of sp³-hybridized carbons (Fsp3) is 0.462. The first-order chi connectivity index (χ1) is 9.17. The largest absolute Gasteiger partial charge is 0.494 e. The van der Waals surface area contributed by atoms with Crippen molar-refractivity contribution in [2.75, 3.05) is 32.2 Å². The van der Waals surface area contributed by atoms with Crippen LogP contribution in [0.15, 0.2) is 18.2 Å². The second-order valence-corrected chi connectivity index (χ2v) is 4.88. The number of carbonyl (C=O) groups excluding carboxylic acids is 1. The summed E-state index contributed by atoms with van der Waals surface area (Å²) < 4.78 is 23.8. The van der Waals surface area contributed by atoms with Crippen LogP contribution in [0, 0.1) is 5.82 Å². The summed E-state index contributed by atoms with van der Waals surface area (Å²) in [5, 5.41) is 0.636. The van der Waals surface area contributed by atoms with E-state index in [9.17, 15) is 9.18 Å². The number of benzene rings is 1. The van der Waals surface area contributed by atoms with Gasteiger partial charge < -0.3 is 14.4 Å². The Labute approximate surface area is 119 Å². The van der Waals surface area contributed by atoms with Crippen molar-refractivity contribution in [2.45, 2.75) is 6.04 Å². The zero-order chi connectivity index (χ0) is 13.8. The maximum absolute atomic E-state index is 13.6. The molecule has 1 atom stereocenters. The summed E-state index contributed by atoms with van der Waals surface area (Å²) in [6.07, 6.45) is 0. The Balaban J connectivity index is 2.20. The van der Waals surface area contributed by atoms with Gasteiger partial charge in [-0.05, 0) is 18.2 Å². The van der Waals surface area contributed by atoms with E-state index in [1.165, 1.54) is 19.2 Å². The van der Waals surface area contributed by atoms with Gasteiger partial charge in [0.2, 0.25) is 0 Å². The minimum atomic E-state index is -0.531. The number of methoxy groups -OCH3 is 1. The SMILES string of the molecule is COc1ccc(C(=O)N2CCOCC2CBr)cc1F. The number of rotatable bonds is 3. The Bertz CT molecular complexity index is 469. The van der Waals surface area contributed by atoms with Crippen molar-refractivity contribution in [1.29, 1.82) is 0 Å². The molecule has 0 aliphatic carbocycles. The molecule has 104 valence electrons. The smallest absolute Gasteiger partial charge is 0.254 e. The number of hydrogen-bond donors (Lipinski definition) is 0. The van der Waals surface area contributed by atoms with Gasteiger partial charge in [0.15, 0.2) is 11.6 Å². The van der Waals surface area contributed by atoms with Crippen LogP contribution < -0.4 is 4.74 Å². The molecule has 0 N–H and O–H groups in total. The molecule has 1 aliphatic rings. The lowest BCUT2D eigenvalue weighted by molar-refractivity contribution is 0.00522. The normalized spacial score (nSPS) is 19.3. The van der Waals surface area contributed by atoms with Crippen molar-refractivity contribution >= 4 is 21.8 Å². The first kappa shape index (κ1) is 14.3. The highest BCUT2D eigenvalue weighted by Gasteiger charge is 2.27. The molecule has 1 fully saturated rings. The van der Waals surface area contributed by atoms with Crippen molar-refractivity contribution in [2.24, 2.45) is 0 Å². The van der Waals surface area contributed by atoms with Crippen LogP contribution in [-0.4, -0.2) is 49.0 Å². The monoisotopic (exact) mass is 331 g/mol. The second-order valence-electron chi connectivity index (χ2n) is 4.23. The van der Waals surface area contributed by atoms with Crippen molar-refractivity contribution in [3.8, 4) is 5.75 Å². The van der Waals surface area contributed by atoms with Crippen LogP contribution in [0.5, 0.6) is 5.75 Å². The summed E-state index contributed by atoms with van der Waals surface area (Å²) in [6.45, 7) is 1.52. The summed E-state index contributed by atoms with van der Waals surface area (Å²) >= 11 is 3.36. The number of morpholine rings is 1. The molecule has 4 nitrogen and oxygen atoms in total. The molecule has 1 aromatic carbocycles. The topological polar surface area (TPSA) is 38.8 Å². The van der Waals surface area contributed by atoms with Gasteiger partial charge in [-0.3, -0.25) is 4.79 Å². The van der Waals surface area contributed by atoms with Crippen molar-refractivity contribution < 1.29 is 18.7 Å². The Kier molecular flexibility index (Phi) is 4.76. The molecule has 0 bridgehead atoms. The zero-order valence-electron chi connectivity index (χ0n) is 10.6. The third kappa shape index (κ3) is 3.06. The third-order valence-electron chi connectivity index (χ3n) is 3.07. The molecule has 1 saturated heterocycles. The number of amides is 1. The fourth-order valence-corrected chi connectivity index (χ4v) is 2.55. The molecule has 1 unspecified atom stereocenters. The van der Waals surface area contributed by atoms with E-state index in [1.807, 2.05) is 0 Å². The lowest BCUT2D eigenvalue weighted by atomic mass is 10.1. The van der Waals surface area contributed by atoms with Gasteiger partial charge in [0.1, 0.15) is 0 Å². The maximum atomic E-state index is 13.6. The van der Waals surface area contributed by atoms with Gasteiger partial charge in [0.05, 0.1) is 26.4 Å². The molecule has 0 saturated carbocycles. The van der Waals surface area contributed by atoms with E-state index in [0.717, 1.165) is 0 Å². The fourth-order valence-electron chi connectivity index (χ4n) is 2.02. The van der Waals surface area contributed by atoms with E-state index < -0.39 is 5.82 Å². The average molecular weight is 332 g/mol. The molecule has 1 aromatic rings. The van der Waals surface area contributed by atoms with Crippen LogP contribution in [0.2, 0.25) is 0 Å². The highest BCUT2D eigenvalue weighted by Crippen LogP contribution is 2.20. The molecule has 0 radical (unpaired) electrons. The summed E-state index contributed by atoms with van der Waals surface area (Å²) in [6, 6.07) is 4.23. The zero-order valence-corrected chi connectivity index (χ0v) is 12.2. The van der Waals surface area contributed by atoms with E-state index in [1.54, 1.807) is 11.0 Å². The van der Waals surface area contributed by atoms with Crippen molar-refractivity contribution in [1.82, 2.24) is 4.90 Å². The van der Waals surface area contributed by atoms with E-state index in [-0.39, 0.29) is 17.7 Å². The average Bonchev–Trinajstić information content (AvgIpc) is 2.46. The Morgan fingerprint density at radius 3 is 3.05 bits per heavy atom. The number of nitrogens with zero attached hydrogens (tertiary/aromatic N) is 1. The van der Waals surface area contributed by atoms with Gasteiger partial charge in [-0.1, -0.05) is 15.9 Å². The molecule has 1 amide bonds. The molecule has 19 heavy (non-hydrogen) atoms. The van der Waals surface area contributed by atoms with Crippen LogP contribution in [0.1, 0.15) is 10.4 Å². The molecule has 2 rings (SSSR count). The summed E-state index contributed by atoms with van der Waals surface area (Å²) in [5.74, 6) is -0.582. The van der Waals surface area contributed by atoms with E-state index in [0.29, 0.717) is 30.7 Å². The minimum Gasteiger partial charge on any atom is -0.494 e. The molecule has 1 aliphatic heterocycles. The van der Waals surface area contributed by atoms with E-state index in [4.69, 9.17) is 9.47 Å². The van der Waals surface area contributed by atoms with Crippen LogP contribution in [0.4, 0.5) is 4.39 Å². The van der Waals surface area contributed by atoms with Crippen LogP contribution in [0.3, 0.4) is 0 Å². The first-order valence-electron chi connectivity index (χ1n) is 5.95. The number of alkyl halides is 1. The van der Waals surface area contributed by atoms with Crippen molar-refractivity contribution in [3.63, 3.8) is 0 Å². The van der Waals surface area contributed by atoms with Crippen LogP contribution in [-0.2, 0) is 4.74 Å². The molecule has 0 spiro atoms. The Morgan fingerprint density at radius 2 is 2.42 bits per heavy atom. The molecular weight excluding hydrogens is 317 g/mol. The van der Waals surface area contributed by atoms with Gasteiger partial charge in [0, 0.05) is 17.4 Å². The predicted octanol–water partition coefficient (Wildman–Crippen LogP) is 2.07. The standard InChI is InChI=1S/C13H15BrFNO3/c1-18-12-3-2-9(6-11(12)15)13(17)16-4-5-19-8-10(16)7-14/h2-3,6,10H,4-5,7-8H2,1H3. The summed E-state index contributed by atoms with van der Waals surface area (Å²) in [5.41, 5.74) is 0.325. The molecular formula is C13H15BrFNO3. The van der Waals surface area contributed by atoms with Gasteiger partial charge in [-0.2, -0.15) is 0 Å². The van der Waals surface area contributed by atoms with Gasteiger partial charge in [0.25, 0.3) is 5.91 Å². The number of ether oxygens (including phenoxy) is 2. The quantitative estimate of drug-likeness (QED) is 0.796. The Morgan fingerprint density at radius 1 is 1.63 bits per heavy atom. The van der Waals surface area contributed by atoms with E-state index in [2.05, 4.69) is 15.9 Å². The molecule has 0 aromatic heterocycles. The Hall–Kier alpha value is -1.14. The lowest BCUT2D eigenvalue weighted by Crippen LogP contribution is -2.49. The first-order valence-corrected chi connectivity index (χ1v) is 7.07. The molecule has 6 heteroatoms. The lowest BCUT2D eigenvalue weighted by Gasteiger charge is -2.34. The number of carbonyl (C=O) groups is 1. The van der Waals surface area contributed by atoms with Gasteiger partial charge in [-0.25, -0.2) is 4.39 Å². The third-order valence-corrected chi connectivity index (χ3v) is 3.81. The number of hydrogen-bond acceptors (Lipinski definition) is 3. The van der Waals surface area contributed by atoms with Gasteiger partial charge >= 0.3 is 0 Å². The highest BCUT2D eigenvalue weighted by molar-refractivity contribution is 9.09. The number of halogens is 2. The van der Waals surface area contributed by atoms with E-state index >= 15 is 0 Å². The summed E-state index contributed by atoms with van der Waals surface area (Å²) in [7, 11) is 1.39. The van der Waals surface area contributed by atoms with Gasteiger partial charge in [-0.15, -0.1) is 0 Å². The summed E-state index contributed by atoms with van der Waals surface area (Å²) in [4.78, 5) is 14.1. The molecule has 1 heterocycles.